The number of anilines is 2. The van der Waals surface area contributed by atoms with Crippen molar-refractivity contribution in [3.63, 3.8) is 0 Å². The molecule has 0 aliphatic carbocycles. The van der Waals surface area contributed by atoms with Gasteiger partial charge in [-0.1, -0.05) is 29.8 Å². The number of amides is 3. The number of rotatable bonds is 4. The van der Waals surface area contributed by atoms with E-state index in [9.17, 15) is 14.0 Å². The average Bonchev–Trinajstić information content (AvgIpc) is 2.97. The Labute approximate surface area is 145 Å². The van der Waals surface area contributed by atoms with Crippen LogP contribution in [0.2, 0.25) is 0 Å². The third kappa shape index (κ3) is 4.15. The van der Waals surface area contributed by atoms with E-state index in [0.29, 0.717) is 19.5 Å². The van der Waals surface area contributed by atoms with Crippen molar-refractivity contribution in [2.24, 2.45) is 5.92 Å². The summed E-state index contributed by atoms with van der Waals surface area (Å²) in [5.74, 6) is -0.412. The lowest BCUT2D eigenvalue weighted by Gasteiger charge is -2.17. The summed E-state index contributed by atoms with van der Waals surface area (Å²) in [5, 5.41) is 5.18. The molecular formula is C19H20FN3O2. The highest BCUT2D eigenvalue weighted by atomic mass is 19.1. The summed E-state index contributed by atoms with van der Waals surface area (Å²) in [6.07, 6.45) is 0.383. The van der Waals surface area contributed by atoms with Crippen molar-refractivity contribution in [3.05, 3.63) is 59.9 Å². The summed E-state index contributed by atoms with van der Waals surface area (Å²) in [6, 6.07) is 13.3. The smallest absolute Gasteiger partial charge is 0.319 e. The molecule has 5 nitrogen and oxygen atoms in total. The van der Waals surface area contributed by atoms with Crippen LogP contribution in [0.1, 0.15) is 12.0 Å². The largest absolute Gasteiger partial charge is 0.338 e. The van der Waals surface area contributed by atoms with Crippen LogP contribution in [-0.4, -0.2) is 25.0 Å². The molecule has 0 radical (unpaired) electrons. The van der Waals surface area contributed by atoms with Gasteiger partial charge in [0, 0.05) is 31.1 Å². The fourth-order valence-electron chi connectivity index (χ4n) is 2.86. The van der Waals surface area contributed by atoms with Crippen LogP contribution >= 0.6 is 0 Å². The number of hydrogen-bond donors (Lipinski definition) is 2. The molecule has 1 heterocycles. The first-order valence-electron chi connectivity index (χ1n) is 8.19. The Morgan fingerprint density at radius 1 is 1.20 bits per heavy atom. The van der Waals surface area contributed by atoms with Gasteiger partial charge in [-0.05, 0) is 31.2 Å². The molecule has 130 valence electrons. The zero-order valence-electron chi connectivity index (χ0n) is 14.0. The molecule has 2 aromatic carbocycles. The number of hydrogen-bond acceptors (Lipinski definition) is 2. The van der Waals surface area contributed by atoms with Gasteiger partial charge in [-0.3, -0.25) is 4.79 Å². The molecule has 25 heavy (non-hydrogen) atoms. The highest BCUT2D eigenvalue weighted by Crippen LogP contribution is 2.25. The minimum absolute atomic E-state index is 0.0279. The van der Waals surface area contributed by atoms with Crippen LogP contribution in [0.25, 0.3) is 0 Å². The maximum Gasteiger partial charge on any atom is 0.319 e. The zero-order chi connectivity index (χ0) is 17.8. The molecule has 0 saturated carbocycles. The fraction of sp³-hybridized carbons (Fsp3) is 0.263. The quantitative estimate of drug-likeness (QED) is 0.896. The number of halogens is 1. The van der Waals surface area contributed by atoms with Crippen LogP contribution in [0.5, 0.6) is 0 Å². The molecule has 2 N–H and O–H groups in total. The lowest BCUT2D eigenvalue weighted by atomic mass is 10.1. The minimum atomic E-state index is -0.487. The molecular weight excluding hydrogens is 321 g/mol. The van der Waals surface area contributed by atoms with E-state index < -0.39 is 11.8 Å². The number of carbonyl (C=O) groups is 2. The Kier molecular flexibility index (Phi) is 4.97. The van der Waals surface area contributed by atoms with Crippen LogP contribution in [0.4, 0.5) is 20.6 Å². The molecule has 1 fully saturated rings. The average molecular weight is 341 g/mol. The van der Waals surface area contributed by atoms with Gasteiger partial charge in [0.05, 0.1) is 5.69 Å². The number of nitrogens with zero attached hydrogens (tertiary/aromatic N) is 1. The fourth-order valence-corrected chi connectivity index (χ4v) is 2.86. The van der Waals surface area contributed by atoms with E-state index in [1.165, 1.54) is 12.1 Å². The second-order valence-corrected chi connectivity index (χ2v) is 6.22. The maximum atomic E-state index is 13.5. The van der Waals surface area contributed by atoms with Gasteiger partial charge in [0.2, 0.25) is 5.91 Å². The number of aryl methyl sites for hydroxylation is 1. The van der Waals surface area contributed by atoms with Crippen molar-refractivity contribution in [3.8, 4) is 0 Å². The molecule has 0 spiro atoms. The Hall–Kier alpha value is -2.89. The highest BCUT2D eigenvalue weighted by Gasteiger charge is 2.30. The molecule has 0 aromatic heterocycles. The van der Waals surface area contributed by atoms with Crippen LogP contribution < -0.4 is 15.5 Å². The molecule has 1 atom stereocenters. The van der Waals surface area contributed by atoms with Gasteiger partial charge in [-0.2, -0.15) is 0 Å². The third-order valence-corrected chi connectivity index (χ3v) is 4.22. The van der Waals surface area contributed by atoms with E-state index >= 15 is 0 Å². The standard InChI is InChI=1S/C19H20FN3O2/c1-13-6-8-15(9-7-13)23-12-14(10-18(23)24)11-21-19(25)22-17-5-3-2-4-16(17)20/h2-9,14H,10-12H2,1H3,(H2,21,22,25)/t14-/m1/s1. The lowest BCUT2D eigenvalue weighted by molar-refractivity contribution is -0.117. The number of urea groups is 1. The Morgan fingerprint density at radius 3 is 2.64 bits per heavy atom. The normalized spacial score (nSPS) is 16.8. The molecule has 0 bridgehead atoms. The van der Waals surface area contributed by atoms with E-state index in [1.807, 2.05) is 31.2 Å². The first-order valence-corrected chi connectivity index (χ1v) is 8.19. The molecule has 1 aliphatic rings. The topological polar surface area (TPSA) is 61.4 Å². The summed E-state index contributed by atoms with van der Waals surface area (Å²) < 4.78 is 13.5. The lowest BCUT2D eigenvalue weighted by Crippen LogP contribution is -2.34. The molecule has 1 saturated heterocycles. The molecule has 3 amide bonds. The predicted molar refractivity (Wildman–Crippen MR) is 95.1 cm³/mol. The van der Waals surface area contributed by atoms with Crippen LogP contribution in [0.3, 0.4) is 0 Å². The maximum absolute atomic E-state index is 13.5. The van der Waals surface area contributed by atoms with Gasteiger partial charge in [0.1, 0.15) is 5.82 Å². The van der Waals surface area contributed by atoms with Gasteiger partial charge >= 0.3 is 6.03 Å². The highest BCUT2D eigenvalue weighted by molar-refractivity contribution is 5.96. The number of benzene rings is 2. The first-order chi connectivity index (χ1) is 12.0. The van der Waals surface area contributed by atoms with E-state index in [-0.39, 0.29) is 17.5 Å². The summed E-state index contributed by atoms with van der Waals surface area (Å²) in [5.41, 5.74) is 2.14. The van der Waals surface area contributed by atoms with Crippen molar-refractivity contribution in [2.75, 3.05) is 23.3 Å². The van der Waals surface area contributed by atoms with Crippen molar-refractivity contribution >= 4 is 23.3 Å². The first kappa shape index (κ1) is 17.0. The zero-order valence-corrected chi connectivity index (χ0v) is 14.0. The van der Waals surface area contributed by atoms with Gasteiger partial charge < -0.3 is 15.5 Å². The van der Waals surface area contributed by atoms with Crippen LogP contribution in [0.15, 0.2) is 48.5 Å². The van der Waals surface area contributed by atoms with Crippen LogP contribution in [-0.2, 0) is 4.79 Å². The minimum Gasteiger partial charge on any atom is -0.338 e. The van der Waals surface area contributed by atoms with Gasteiger partial charge in [-0.25, -0.2) is 9.18 Å². The summed E-state index contributed by atoms with van der Waals surface area (Å²) in [6.45, 7) is 2.91. The monoisotopic (exact) mass is 341 g/mol. The molecule has 6 heteroatoms. The van der Waals surface area contributed by atoms with Gasteiger partial charge in [0.25, 0.3) is 0 Å². The number of para-hydroxylation sites is 1. The second kappa shape index (κ2) is 7.34. The van der Waals surface area contributed by atoms with E-state index in [1.54, 1.807) is 17.0 Å². The van der Waals surface area contributed by atoms with Gasteiger partial charge in [0.15, 0.2) is 0 Å². The molecule has 0 unspecified atom stereocenters. The summed E-state index contributed by atoms with van der Waals surface area (Å²) in [7, 11) is 0. The Morgan fingerprint density at radius 2 is 1.92 bits per heavy atom. The number of carbonyl (C=O) groups excluding carboxylic acids is 2. The molecule has 1 aliphatic heterocycles. The Bertz CT molecular complexity index is 776. The van der Waals surface area contributed by atoms with Crippen molar-refractivity contribution in [1.82, 2.24) is 5.32 Å². The van der Waals surface area contributed by atoms with Crippen LogP contribution in [0, 0.1) is 18.7 Å². The molecule has 2 aromatic rings. The SMILES string of the molecule is Cc1ccc(N2C[C@@H](CNC(=O)Nc3ccccc3F)CC2=O)cc1. The van der Waals surface area contributed by atoms with E-state index in [4.69, 9.17) is 0 Å². The Balaban J connectivity index is 1.52. The van der Waals surface area contributed by atoms with E-state index in [0.717, 1.165) is 11.3 Å². The van der Waals surface area contributed by atoms with Gasteiger partial charge in [-0.15, -0.1) is 0 Å². The number of nitrogens with one attached hydrogen (secondary N) is 2. The van der Waals surface area contributed by atoms with Crippen molar-refractivity contribution in [1.29, 1.82) is 0 Å². The summed E-state index contributed by atoms with van der Waals surface area (Å²) >= 11 is 0. The van der Waals surface area contributed by atoms with E-state index in [2.05, 4.69) is 10.6 Å². The van der Waals surface area contributed by atoms with Crippen molar-refractivity contribution in [2.45, 2.75) is 13.3 Å². The predicted octanol–water partition coefficient (Wildman–Crippen LogP) is 3.31. The van der Waals surface area contributed by atoms with Crippen molar-refractivity contribution < 1.29 is 14.0 Å². The molecule has 3 rings (SSSR count). The second-order valence-electron chi connectivity index (χ2n) is 6.22. The third-order valence-electron chi connectivity index (χ3n) is 4.22. The summed E-state index contributed by atoms with van der Waals surface area (Å²) in [4.78, 5) is 25.8.